The van der Waals surface area contributed by atoms with Crippen LogP contribution in [0.4, 0.5) is 4.39 Å². The second kappa shape index (κ2) is 13.1. The summed E-state index contributed by atoms with van der Waals surface area (Å²) >= 11 is 0. The van der Waals surface area contributed by atoms with Crippen molar-refractivity contribution in [3.63, 3.8) is 0 Å². The molecule has 1 aliphatic heterocycles. The maximum atomic E-state index is 14.6. The molecule has 3 heterocycles. The van der Waals surface area contributed by atoms with Gasteiger partial charge in [0.15, 0.2) is 5.65 Å². The van der Waals surface area contributed by atoms with Crippen LogP contribution in [0.2, 0.25) is 0 Å². The summed E-state index contributed by atoms with van der Waals surface area (Å²) in [5.41, 5.74) is 8.72. The average molecular weight is 641 g/mol. The Morgan fingerprint density at radius 2 is 1.74 bits per heavy atom. The molecule has 4 aromatic rings. The van der Waals surface area contributed by atoms with E-state index in [1.54, 1.807) is 4.90 Å². The summed E-state index contributed by atoms with van der Waals surface area (Å²) in [6.45, 7) is 3.92. The molecule has 11 heteroatoms. The highest BCUT2D eigenvalue weighted by atomic mass is 19.1. The largest absolute Gasteiger partial charge is 0.379 e. The van der Waals surface area contributed by atoms with Crippen molar-refractivity contribution in [2.24, 2.45) is 5.73 Å². The van der Waals surface area contributed by atoms with Crippen molar-refractivity contribution in [2.75, 3.05) is 26.3 Å². The molecule has 2 saturated carbocycles. The monoisotopic (exact) mass is 640 g/mol. The molecule has 10 nitrogen and oxygen atoms in total. The molecule has 0 radical (unpaired) electrons. The van der Waals surface area contributed by atoms with Gasteiger partial charge in [-0.1, -0.05) is 36.4 Å². The number of halogens is 1. The minimum absolute atomic E-state index is 0.0474. The van der Waals surface area contributed by atoms with E-state index < -0.39 is 28.8 Å². The third kappa shape index (κ3) is 6.03. The van der Waals surface area contributed by atoms with E-state index in [-0.39, 0.29) is 17.1 Å². The lowest BCUT2D eigenvalue weighted by Crippen LogP contribution is -2.58. The summed E-state index contributed by atoms with van der Waals surface area (Å²) in [7, 11) is 0. The summed E-state index contributed by atoms with van der Waals surface area (Å²) in [6.07, 6.45) is 7.70. The number of nitrogens with two attached hydrogens (primary N) is 1. The summed E-state index contributed by atoms with van der Waals surface area (Å²) in [5, 5.41) is 0.0474. The molecule has 0 atom stereocenters. The quantitative estimate of drug-likeness (QED) is 0.225. The fourth-order valence-electron chi connectivity index (χ4n) is 7.88. The Balaban J connectivity index is 1.26. The first-order valence-electron chi connectivity index (χ1n) is 16.7. The van der Waals surface area contributed by atoms with E-state index in [0.29, 0.717) is 44.6 Å². The Morgan fingerprint density at radius 3 is 2.49 bits per heavy atom. The van der Waals surface area contributed by atoms with Crippen molar-refractivity contribution in [1.82, 2.24) is 23.9 Å². The van der Waals surface area contributed by atoms with E-state index >= 15 is 0 Å². The third-order valence-corrected chi connectivity index (χ3v) is 10.3. The van der Waals surface area contributed by atoms with Crippen LogP contribution >= 0.6 is 0 Å². The molecule has 7 rings (SSSR count). The van der Waals surface area contributed by atoms with Gasteiger partial charge in [0, 0.05) is 31.7 Å². The summed E-state index contributed by atoms with van der Waals surface area (Å²) < 4.78 is 22.8. The Labute approximate surface area is 272 Å². The molecule has 3 fully saturated rings. The fourth-order valence-corrected chi connectivity index (χ4v) is 7.88. The predicted molar refractivity (Wildman–Crippen MR) is 178 cm³/mol. The number of fused-ring (bicyclic) bond motifs is 1. The van der Waals surface area contributed by atoms with Gasteiger partial charge in [0.05, 0.1) is 36.1 Å². The molecule has 0 unspecified atom stereocenters. The van der Waals surface area contributed by atoms with Crippen LogP contribution in [0, 0.1) is 5.82 Å². The first-order chi connectivity index (χ1) is 22.9. The van der Waals surface area contributed by atoms with Gasteiger partial charge in [0.25, 0.3) is 5.56 Å². The van der Waals surface area contributed by atoms with Gasteiger partial charge in [-0.3, -0.25) is 19.1 Å². The number of hydrogen-bond acceptors (Lipinski definition) is 7. The summed E-state index contributed by atoms with van der Waals surface area (Å²) in [6, 6.07) is 16.6. The predicted octanol–water partition coefficient (Wildman–Crippen LogP) is 4.36. The number of carbonyl (C=O) groups excluding carboxylic acids is 1. The Morgan fingerprint density at radius 1 is 1.00 bits per heavy atom. The molecular weight excluding hydrogens is 599 g/mol. The Bertz CT molecular complexity index is 1890. The van der Waals surface area contributed by atoms with Gasteiger partial charge in [0.1, 0.15) is 5.82 Å². The van der Waals surface area contributed by atoms with Gasteiger partial charge < -0.3 is 15.4 Å². The lowest BCUT2D eigenvalue weighted by atomic mass is 9.88. The second-order valence-corrected chi connectivity index (χ2v) is 13.2. The molecule has 2 aromatic carbocycles. The Hall–Kier alpha value is -4.19. The molecule has 2 N–H and O–H groups in total. The maximum absolute atomic E-state index is 14.6. The fraction of sp³-hybridized carbons (Fsp3) is 0.444. The number of ether oxygens (including phenoxy) is 1. The van der Waals surface area contributed by atoms with Crippen LogP contribution in [0.3, 0.4) is 0 Å². The minimum Gasteiger partial charge on any atom is -0.379 e. The first kappa shape index (κ1) is 31.4. The molecule has 1 saturated heterocycles. The van der Waals surface area contributed by atoms with Crippen molar-refractivity contribution in [3.8, 4) is 16.8 Å². The summed E-state index contributed by atoms with van der Waals surface area (Å²) in [5.74, 6) is -0.646. The normalized spacial score (nSPS) is 21.6. The van der Waals surface area contributed by atoms with Crippen molar-refractivity contribution in [2.45, 2.75) is 75.7 Å². The highest BCUT2D eigenvalue weighted by Crippen LogP contribution is 2.37. The molecule has 246 valence electrons. The average Bonchev–Trinajstić information content (AvgIpc) is 3.54. The molecule has 0 spiro atoms. The zero-order chi connectivity index (χ0) is 32.5. The SMILES string of the molecule is NC1(N(C=O)C2CCC(n3c(=O)c4cc(F)cnc4n(-c4cccc(-c5ccccc5CN5CCOCC5)c4)c3=O)CC2)CCCC1. The topological polar surface area (TPSA) is 116 Å². The van der Waals surface area contributed by atoms with E-state index in [4.69, 9.17) is 10.5 Å². The third-order valence-electron chi connectivity index (χ3n) is 10.3. The van der Waals surface area contributed by atoms with Crippen LogP contribution < -0.4 is 17.0 Å². The zero-order valence-electron chi connectivity index (χ0n) is 26.5. The van der Waals surface area contributed by atoms with E-state index in [1.165, 1.54) is 9.13 Å². The van der Waals surface area contributed by atoms with Gasteiger partial charge in [-0.15, -0.1) is 0 Å². The number of carbonyl (C=O) groups is 1. The van der Waals surface area contributed by atoms with Crippen LogP contribution in [0.1, 0.15) is 63.0 Å². The van der Waals surface area contributed by atoms with Gasteiger partial charge in [-0.25, -0.2) is 18.7 Å². The molecule has 2 aliphatic carbocycles. The minimum atomic E-state index is -0.646. The van der Waals surface area contributed by atoms with Crippen molar-refractivity contribution in [3.05, 3.63) is 93.0 Å². The smallest absolute Gasteiger partial charge is 0.337 e. The van der Waals surface area contributed by atoms with Gasteiger partial charge in [-0.2, -0.15) is 0 Å². The number of aromatic nitrogens is 3. The van der Waals surface area contributed by atoms with E-state index in [1.807, 2.05) is 36.4 Å². The number of morpholine rings is 1. The molecule has 1 amide bonds. The lowest BCUT2D eigenvalue weighted by Gasteiger charge is -2.43. The molecule has 2 aromatic heterocycles. The number of benzene rings is 2. The maximum Gasteiger partial charge on any atom is 0.337 e. The number of hydrogen-bond donors (Lipinski definition) is 1. The van der Waals surface area contributed by atoms with Crippen molar-refractivity contribution < 1.29 is 13.9 Å². The molecule has 0 bridgehead atoms. The number of pyridine rings is 1. The van der Waals surface area contributed by atoms with E-state index in [2.05, 4.69) is 22.0 Å². The Kier molecular flexibility index (Phi) is 8.78. The lowest BCUT2D eigenvalue weighted by molar-refractivity contribution is -0.128. The molecular formula is C36H41FN6O4. The highest BCUT2D eigenvalue weighted by Gasteiger charge is 2.40. The highest BCUT2D eigenvalue weighted by molar-refractivity contribution is 5.77. The summed E-state index contributed by atoms with van der Waals surface area (Å²) in [4.78, 5) is 48.8. The van der Waals surface area contributed by atoms with Crippen molar-refractivity contribution >= 4 is 17.4 Å². The number of nitrogens with zero attached hydrogens (tertiary/aromatic N) is 5. The van der Waals surface area contributed by atoms with E-state index in [9.17, 15) is 18.8 Å². The molecule has 47 heavy (non-hydrogen) atoms. The van der Waals surface area contributed by atoms with Gasteiger partial charge >= 0.3 is 5.69 Å². The van der Waals surface area contributed by atoms with Crippen LogP contribution in [-0.4, -0.2) is 68.3 Å². The van der Waals surface area contributed by atoms with Crippen LogP contribution in [0.25, 0.3) is 27.8 Å². The number of amides is 1. The zero-order valence-corrected chi connectivity index (χ0v) is 26.5. The second-order valence-electron chi connectivity index (χ2n) is 13.2. The van der Waals surface area contributed by atoms with Crippen molar-refractivity contribution in [1.29, 1.82) is 0 Å². The first-order valence-corrected chi connectivity index (χ1v) is 16.7. The van der Waals surface area contributed by atoms with E-state index in [0.717, 1.165) is 80.7 Å². The van der Waals surface area contributed by atoms with Crippen LogP contribution in [0.15, 0.2) is 70.4 Å². The van der Waals surface area contributed by atoms with Crippen LogP contribution in [0.5, 0.6) is 0 Å². The number of rotatable bonds is 8. The molecule has 3 aliphatic rings. The van der Waals surface area contributed by atoms with Crippen LogP contribution in [-0.2, 0) is 16.1 Å². The standard InChI is InChI=1S/C36H41FN6O4/c37-27-21-32-33(39-22-27)42(30-8-5-7-25(20-30)31-9-2-1-6-26(31)23-40-16-18-47-19-17-40)35(46)43(34(32)45)29-12-10-28(11-13-29)41(24-44)36(38)14-3-4-15-36/h1-2,5-9,20-22,24,28-29H,3-4,10-19,23,38H2. The van der Waals surface area contributed by atoms with Gasteiger partial charge in [0.2, 0.25) is 6.41 Å². The van der Waals surface area contributed by atoms with Gasteiger partial charge in [-0.05, 0) is 86.3 Å².